The van der Waals surface area contributed by atoms with Crippen LogP contribution < -0.4 is 16.0 Å². The van der Waals surface area contributed by atoms with Crippen LogP contribution in [0, 0.1) is 0 Å². The summed E-state index contributed by atoms with van der Waals surface area (Å²) in [4.78, 5) is 36.2. The molecule has 0 fully saturated rings. The fourth-order valence-electron chi connectivity index (χ4n) is 2.49. The molecule has 0 heterocycles. The SMILES string of the molecule is C=CCOC(=O)N[C@@H](CCCCNC(=O)OC(C)(C)C)C(=O)Nc1ccc(CO)cc1. The zero-order valence-corrected chi connectivity index (χ0v) is 18.4. The van der Waals surface area contributed by atoms with Gasteiger partial charge in [0.25, 0.3) is 0 Å². The van der Waals surface area contributed by atoms with Crippen molar-refractivity contribution < 1.29 is 29.0 Å². The summed E-state index contributed by atoms with van der Waals surface area (Å²) in [7, 11) is 0. The molecule has 1 aromatic carbocycles. The van der Waals surface area contributed by atoms with Gasteiger partial charge in [0.15, 0.2) is 0 Å². The summed E-state index contributed by atoms with van der Waals surface area (Å²) < 4.78 is 10.1. The molecule has 172 valence electrons. The average Bonchev–Trinajstić information content (AvgIpc) is 2.70. The van der Waals surface area contributed by atoms with Gasteiger partial charge in [-0.1, -0.05) is 24.8 Å². The maximum absolute atomic E-state index is 12.7. The predicted molar refractivity (Wildman–Crippen MR) is 118 cm³/mol. The van der Waals surface area contributed by atoms with Crippen molar-refractivity contribution in [2.45, 2.75) is 58.3 Å². The molecule has 0 aliphatic rings. The van der Waals surface area contributed by atoms with E-state index in [9.17, 15) is 14.4 Å². The zero-order chi connectivity index (χ0) is 23.3. The number of aliphatic hydroxyl groups is 1. The maximum atomic E-state index is 12.7. The Morgan fingerprint density at radius 3 is 2.39 bits per heavy atom. The summed E-state index contributed by atoms with van der Waals surface area (Å²) in [5.41, 5.74) is 0.691. The van der Waals surface area contributed by atoms with Gasteiger partial charge >= 0.3 is 12.2 Å². The van der Waals surface area contributed by atoms with Gasteiger partial charge in [-0.05, 0) is 57.7 Å². The zero-order valence-electron chi connectivity index (χ0n) is 18.4. The van der Waals surface area contributed by atoms with Gasteiger partial charge in [-0.25, -0.2) is 9.59 Å². The topological polar surface area (TPSA) is 126 Å². The van der Waals surface area contributed by atoms with Crippen LogP contribution in [-0.4, -0.2) is 48.0 Å². The molecular formula is C22H33N3O6. The molecule has 3 amide bonds. The molecule has 0 aromatic heterocycles. The van der Waals surface area contributed by atoms with Crippen LogP contribution >= 0.6 is 0 Å². The minimum Gasteiger partial charge on any atom is -0.445 e. The highest BCUT2D eigenvalue weighted by atomic mass is 16.6. The van der Waals surface area contributed by atoms with Crippen molar-refractivity contribution in [1.29, 1.82) is 0 Å². The molecule has 0 radical (unpaired) electrons. The maximum Gasteiger partial charge on any atom is 0.408 e. The van der Waals surface area contributed by atoms with E-state index >= 15 is 0 Å². The van der Waals surface area contributed by atoms with Crippen LogP contribution in [0.25, 0.3) is 0 Å². The van der Waals surface area contributed by atoms with E-state index in [-0.39, 0.29) is 13.2 Å². The van der Waals surface area contributed by atoms with E-state index in [1.807, 2.05) is 0 Å². The monoisotopic (exact) mass is 435 g/mol. The average molecular weight is 436 g/mol. The van der Waals surface area contributed by atoms with E-state index in [0.717, 1.165) is 5.56 Å². The molecular weight excluding hydrogens is 402 g/mol. The molecule has 1 atom stereocenters. The van der Waals surface area contributed by atoms with Gasteiger partial charge in [-0.15, -0.1) is 0 Å². The third-order valence-electron chi connectivity index (χ3n) is 3.93. The summed E-state index contributed by atoms with van der Waals surface area (Å²) in [6.45, 7) is 9.14. The molecule has 0 spiro atoms. The summed E-state index contributed by atoms with van der Waals surface area (Å²) in [6, 6.07) is 5.90. The Morgan fingerprint density at radius 2 is 1.81 bits per heavy atom. The second-order valence-corrected chi connectivity index (χ2v) is 7.85. The van der Waals surface area contributed by atoms with Gasteiger partial charge in [0.1, 0.15) is 18.2 Å². The summed E-state index contributed by atoms with van der Waals surface area (Å²) in [6.07, 6.45) is 1.72. The number of anilines is 1. The quantitative estimate of drug-likeness (QED) is 0.313. The van der Waals surface area contributed by atoms with Crippen LogP contribution in [0.15, 0.2) is 36.9 Å². The molecule has 0 saturated heterocycles. The molecule has 4 N–H and O–H groups in total. The molecule has 0 aliphatic carbocycles. The van der Waals surface area contributed by atoms with E-state index in [1.54, 1.807) is 45.0 Å². The molecule has 9 nitrogen and oxygen atoms in total. The van der Waals surface area contributed by atoms with Crippen LogP contribution in [0.1, 0.15) is 45.6 Å². The molecule has 31 heavy (non-hydrogen) atoms. The van der Waals surface area contributed by atoms with Crippen molar-refractivity contribution in [3.63, 3.8) is 0 Å². The third-order valence-corrected chi connectivity index (χ3v) is 3.93. The first-order valence-corrected chi connectivity index (χ1v) is 10.2. The van der Waals surface area contributed by atoms with Crippen molar-refractivity contribution >= 4 is 23.8 Å². The first-order chi connectivity index (χ1) is 14.6. The number of hydrogen-bond donors (Lipinski definition) is 4. The molecule has 9 heteroatoms. The van der Waals surface area contributed by atoms with E-state index < -0.39 is 29.7 Å². The molecule has 1 rings (SSSR count). The van der Waals surface area contributed by atoms with Gasteiger partial charge in [-0.2, -0.15) is 0 Å². The predicted octanol–water partition coefficient (Wildman–Crippen LogP) is 3.09. The number of carbonyl (C=O) groups is 3. The number of amides is 3. The van der Waals surface area contributed by atoms with Crippen LogP contribution in [0.3, 0.4) is 0 Å². The standard InChI is InChI=1S/C22H33N3O6/c1-5-14-30-21(29)25-18(8-6-7-13-23-20(28)31-22(2,3)4)19(27)24-17-11-9-16(15-26)10-12-17/h5,9-12,18,26H,1,6-8,13-15H2,2-4H3,(H,23,28)(H,24,27)(H,25,29)/t18-/m0/s1. The van der Waals surface area contributed by atoms with Gasteiger partial charge in [0, 0.05) is 12.2 Å². The van der Waals surface area contributed by atoms with E-state index in [0.29, 0.717) is 31.5 Å². The molecule has 0 saturated carbocycles. The van der Waals surface area contributed by atoms with Crippen LogP contribution in [0.2, 0.25) is 0 Å². The minimum absolute atomic E-state index is 0.0304. The van der Waals surface area contributed by atoms with Gasteiger partial charge < -0.3 is 30.5 Å². The molecule has 0 bridgehead atoms. The Kier molecular flexibility index (Phi) is 11.1. The smallest absolute Gasteiger partial charge is 0.408 e. The Bertz CT molecular complexity index is 728. The number of hydrogen-bond acceptors (Lipinski definition) is 6. The fourth-order valence-corrected chi connectivity index (χ4v) is 2.49. The fraction of sp³-hybridized carbons (Fsp3) is 0.500. The lowest BCUT2D eigenvalue weighted by Gasteiger charge is -2.20. The number of benzene rings is 1. The van der Waals surface area contributed by atoms with Crippen molar-refractivity contribution in [2.75, 3.05) is 18.5 Å². The number of unbranched alkanes of at least 4 members (excludes halogenated alkanes) is 1. The van der Waals surface area contributed by atoms with Gasteiger partial charge in [0.2, 0.25) is 5.91 Å². The Morgan fingerprint density at radius 1 is 1.13 bits per heavy atom. The van der Waals surface area contributed by atoms with Crippen LogP contribution in [0.4, 0.5) is 15.3 Å². The highest BCUT2D eigenvalue weighted by molar-refractivity contribution is 5.96. The third kappa shape index (κ3) is 11.6. The van der Waals surface area contributed by atoms with Crippen molar-refractivity contribution in [1.82, 2.24) is 10.6 Å². The summed E-state index contributed by atoms with van der Waals surface area (Å²) in [5.74, 6) is -0.396. The number of carbonyl (C=O) groups excluding carboxylic acids is 3. The van der Waals surface area contributed by atoms with Crippen LogP contribution in [0.5, 0.6) is 0 Å². The largest absolute Gasteiger partial charge is 0.445 e. The van der Waals surface area contributed by atoms with E-state index in [1.165, 1.54) is 6.08 Å². The second-order valence-electron chi connectivity index (χ2n) is 7.85. The lowest BCUT2D eigenvalue weighted by atomic mass is 10.1. The number of rotatable bonds is 11. The van der Waals surface area contributed by atoms with Gasteiger partial charge in [-0.3, -0.25) is 4.79 Å². The molecule has 0 aliphatic heterocycles. The normalized spacial score (nSPS) is 11.7. The molecule has 1 aromatic rings. The van der Waals surface area contributed by atoms with Crippen LogP contribution in [-0.2, 0) is 20.9 Å². The lowest BCUT2D eigenvalue weighted by Crippen LogP contribution is -2.44. The first kappa shape index (κ1) is 26.0. The highest BCUT2D eigenvalue weighted by Crippen LogP contribution is 2.12. The second kappa shape index (κ2) is 13.3. The number of ether oxygens (including phenoxy) is 2. The molecule has 0 unspecified atom stereocenters. The number of nitrogens with one attached hydrogen (secondary N) is 3. The Balaban J connectivity index is 2.57. The van der Waals surface area contributed by atoms with Gasteiger partial charge in [0.05, 0.1) is 6.61 Å². The lowest BCUT2D eigenvalue weighted by molar-refractivity contribution is -0.118. The Labute approximate surface area is 183 Å². The Hall–Kier alpha value is -3.07. The van der Waals surface area contributed by atoms with Crippen molar-refractivity contribution in [3.05, 3.63) is 42.5 Å². The van der Waals surface area contributed by atoms with Crippen molar-refractivity contribution in [2.24, 2.45) is 0 Å². The number of aliphatic hydroxyl groups excluding tert-OH is 1. The summed E-state index contributed by atoms with van der Waals surface area (Å²) in [5, 5.41) is 17.1. The van der Waals surface area contributed by atoms with Crippen molar-refractivity contribution in [3.8, 4) is 0 Å². The number of alkyl carbamates (subject to hydrolysis) is 2. The van der Waals surface area contributed by atoms with E-state index in [2.05, 4.69) is 22.5 Å². The first-order valence-electron chi connectivity index (χ1n) is 10.2. The van der Waals surface area contributed by atoms with E-state index in [4.69, 9.17) is 14.6 Å². The highest BCUT2D eigenvalue weighted by Gasteiger charge is 2.21. The minimum atomic E-state index is -0.823. The summed E-state index contributed by atoms with van der Waals surface area (Å²) >= 11 is 0.